The number of thiophene rings is 1. The van der Waals surface area contributed by atoms with E-state index in [1.165, 1.54) is 35.7 Å². The van der Waals surface area contributed by atoms with Gasteiger partial charge in [0.2, 0.25) is 0 Å². The molecule has 0 N–H and O–H groups in total. The molecule has 0 unspecified atom stereocenters. The number of thioether (sulfide) groups is 1. The van der Waals surface area contributed by atoms with Gasteiger partial charge in [-0.15, -0.1) is 11.3 Å². The zero-order valence-corrected chi connectivity index (χ0v) is 18.5. The van der Waals surface area contributed by atoms with Gasteiger partial charge in [-0.1, -0.05) is 36.4 Å². The lowest BCUT2D eigenvalue weighted by Gasteiger charge is -2.16. The Balaban J connectivity index is 1.98. The van der Waals surface area contributed by atoms with Crippen molar-refractivity contribution in [2.45, 2.75) is 56.4 Å². The van der Waals surface area contributed by atoms with Crippen LogP contribution in [-0.4, -0.2) is 27.9 Å². The maximum absolute atomic E-state index is 13.8. The van der Waals surface area contributed by atoms with Crippen LogP contribution in [0.25, 0.3) is 15.9 Å². The number of hydrogen-bond donors (Lipinski definition) is 0. The van der Waals surface area contributed by atoms with Crippen LogP contribution in [-0.2, 0) is 22.4 Å². The molecule has 1 aliphatic carbocycles. The van der Waals surface area contributed by atoms with E-state index in [1.807, 2.05) is 31.2 Å². The van der Waals surface area contributed by atoms with Crippen molar-refractivity contribution < 1.29 is 9.53 Å². The molecule has 0 spiro atoms. The van der Waals surface area contributed by atoms with Gasteiger partial charge >= 0.3 is 5.97 Å². The van der Waals surface area contributed by atoms with E-state index in [2.05, 4.69) is 0 Å². The van der Waals surface area contributed by atoms with E-state index < -0.39 is 5.25 Å². The van der Waals surface area contributed by atoms with Crippen molar-refractivity contribution in [3.05, 3.63) is 50.6 Å². The Morgan fingerprint density at radius 2 is 2.00 bits per heavy atom. The van der Waals surface area contributed by atoms with Gasteiger partial charge in [-0.2, -0.15) is 0 Å². The van der Waals surface area contributed by atoms with Crippen molar-refractivity contribution >= 4 is 39.3 Å². The maximum Gasteiger partial charge on any atom is 0.318 e. The zero-order chi connectivity index (χ0) is 20.5. The van der Waals surface area contributed by atoms with E-state index in [-0.39, 0.29) is 11.5 Å². The number of ether oxygens (including phenoxy) is 1. The Morgan fingerprint density at radius 3 is 2.76 bits per heavy atom. The van der Waals surface area contributed by atoms with E-state index in [0.29, 0.717) is 5.16 Å². The molecular weight excluding hydrogens is 404 g/mol. The van der Waals surface area contributed by atoms with Crippen LogP contribution in [0.1, 0.15) is 42.2 Å². The largest absolute Gasteiger partial charge is 0.468 e. The molecular formula is C22H24N2O3S2. The molecule has 0 radical (unpaired) electrons. The van der Waals surface area contributed by atoms with Crippen molar-refractivity contribution in [1.82, 2.24) is 9.55 Å². The van der Waals surface area contributed by atoms with Crippen LogP contribution >= 0.6 is 23.1 Å². The summed E-state index contributed by atoms with van der Waals surface area (Å²) in [5.41, 5.74) is 2.94. The van der Waals surface area contributed by atoms with Gasteiger partial charge in [0.15, 0.2) is 5.16 Å². The van der Waals surface area contributed by atoms with Gasteiger partial charge in [-0.3, -0.25) is 14.2 Å². The van der Waals surface area contributed by atoms with Gasteiger partial charge in [-0.05, 0) is 56.7 Å². The molecule has 0 amide bonds. The van der Waals surface area contributed by atoms with Crippen molar-refractivity contribution in [2.24, 2.45) is 0 Å². The van der Waals surface area contributed by atoms with Gasteiger partial charge < -0.3 is 4.74 Å². The lowest BCUT2D eigenvalue weighted by molar-refractivity contribution is -0.139. The second kappa shape index (κ2) is 8.32. The van der Waals surface area contributed by atoms with Gasteiger partial charge in [-0.25, -0.2) is 4.98 Å². The van der Waals surface area contributed by atoms with E-state index >= 15 is 0 Å². The van der Waals surface area contributed by atoms with Crippen LogP contribution in [0.3, 0.4) is 0 Å². The van der Waals surface area contributed by atoms with E-state index in [9.17, 15) is 9.59 Å². The molecule has 1 aliphatic rings. The lowest BCUT2D eigenvalue weighted by Crippen LogP contribution is -2.24. The number of methoxy groups -OCH3 is 1. The highest BCUT2D eigenvalue weighted by atomic mass is 32.2. The number of rotatable bonds is 4. The summed E-state index contributed by atoms with van der Waals surface area (Å²) in [6.07, 6.45) is 5.42. The summed E-state index contributed by atoms with van der Waals surface area (Å²) < 4.78 is 6.56. The Bertz CT molecular complexity index is 1130. The fourth-order valence-corrected chi connectivity index (χ4v) is 6.09. The summed E-state index contributed by atoms with van der Waals surface area (Å²) >= 11 is 2.91. The Morgan fingerprint density at radius 1 is 1.24 bits per heavy atom. The minimum atomic E-state index is -0.461. The zero-order valence-electron chi connectivity index (χ0n) is 16.9. The fraction of sp³-hybridized carbons (Fsp3) is 0.409. The molecule has 3 aromatic rings. The summed E-state index contributed by atoms with van der Waals surface area (Å²) in [6.45, 7) is 3.76. The highest BCUT2D eigenvalue weighted by molar-refractivity contribution is 8.00. The first-order chi connectivity index (χ1) is 14.0. The topological polar surface area (TPSA) is 61.2 Å². The molecule has 4 rings (SSSR count). The van der Waals surface area contributed by atoms with Gasteiger partial charge in [0.1, 0.15) is 10.1 Å². The first kappa shape index (κ1) is 20.2. The Kier molecular flexibility index (Phi) is 5.79. The second-order valence-corrected chi connectivity index (χ2v) is 9.74. The number of nitrogens with zero attached hydrogens (tertiary/aromatic N) is 2. The molecule has 2 heterocycles. The predicted molar refractivity (Wildman–Crippen MR) is 119 cm³/mol. The van der Waals surface area contributed by atoms with Crippen LogP contribution < -0.4 is 5.56 Å². The third-order valence-electron chi connectivity index (χ3n) is 5.38. The second-order valence-electron chi connectivity index (χ2n) is 7.35. The molecule has 0 fully saturated rings. The molecule has 0 aliphatic heterocycles. The number of para-hydroxylation sites is 1. The number of aromatic nitrogens is 2. The fourth-order valence-electron chi connectivity index (χ4n) is 3.84. The molecule has 1 atom stereocenters. The van der Waals surface area contributed by atoms with Crippen LogP contribution in [0.5, 0.6) is 0 Å². The standard InChI is InChI=1S/C22H24N2O3S2/c1-13-9-7-8-11-16(13)24-20(25)18-15-10-5-4-6-12-17(15)29-19(18)23-22(24)28-14(2)21(26)27-3/h7-9,11,14H,4-6,10,12H2,1-3H3/t14-/m0/s1. The third kappa shape index (κ3) is 3.73. The van der Waals surface area contributed by atoms with Crippen molar-refractivity contribution in [3.63, 3.8) is 0 Å². The average Bonchev–Trinajstić information content (AvgIpc) is 2.89. The molecule has 1 aromatic carbocycles. The number of benzene rings is 1. The highest BCUT2D eigenvalue weighted by Gasteiger charge is 2.25. The SMILES string of the molecule is COC(=O)[C@H](C)Sc1nc2sc3c(c2c(=O)n1-c1ccccc1C)CCCCC3. The number of aryl methyl sites for hydroxylation is 3. The van der Waals surface area contributed by atoms with E-state index in [1.54, 1.807) is 22.8 Å². The normalized spacial score (nSPS) is 15.0. The number of fused-ring (bicyclic) bond motifs is 3. The summed E-state index contributed by atoms with van der Waals surface area (Å²) in [6, 6.07) is 7.79. The maximum atomic E-state index is 13.8. The summed E-state index contributed by atoms with van der Waals surface area (Å²) in [5.74, 6) is -0.331. The molecule has 5 nitrogen and oxygen atoms in total. The van der Waals surface area contributed by atoms with Gasteiger partial charge in [0, 0.05) is 4.88 Å². The first-order valence-electron chi connectivity index (χ1n) is 9.89. The Labute approximate surface area is 178 Å². The summed E-state index contributed by atoms with van der Waals surface area (Å²) in [4.78, 5) is 32.7. The molecule has 0 bridgehead atoms. The van der Waals surface area contributed by atoms with Crippen LogP contribution in [0.4, 0.5) is 0 Å². The molecule has 0 saturated heterocycles. The lowest BCUT2D eigenvalue weighted by atomic mass is 10.1. The van der Waals surface area contributed by atoms with E-state index in [4.69, 9.17) is 9.72 Å². The quantitative estimate of drug-likeness (QED) is 0.261. The Hall–Kier alpha value is -2.12. The third-order valence-corrected chi connectivity index (χ3v) is 7.60. The summed E-state index contributed by atoms with van der Waals surface area (Å²) in [5, 5.41) is 0.828. The molecule has 2 aromatic heterocycles. The number of carbonyl (C=O) groups excluding carboxylic acids is 1. The number of carbonyl (C=O) groups is 1. The molecule has 7 heteroatoms. The first-order valence-corrected chi connectivity index (χ1v) is 11.6. The highest BCUT2D eigenvalue weighted by Crippen LogP contribution is 2.35. The van der Waals surface area contributed by atoms with E-state index in [0.717, 1.165) is 47.2 Å². The number of esters is 1. The molecule has 29 heavy (non-hydrogen) atoms. The minimum Gasteiger partial charge on any atom is -0.468 e. The summed E-state index contributed by atoms with van der Waals surface area (Å²) in [7, 11) is 1.38. The van der Waals surface area contributed by atoms with Gasteiger partial charge in [0.05, 0.1) is 18.2 Å². The number of hydrogen-bond acceptors (Lipinski definition) is 6. The monoisotopic (exact) mass is 428 g/mol. The predicted octanol–water partition coefficient (Wildman–Crippen LogP) is 4.68. The molecule has 152 valence electrons. The van der Waals surface area contributed by atoms with Crippen LogP contribution in [0.15, 0.2) is 34.2 Å². The van der Waals surface area contributed by atoms with Crippen molar-refractivity contribution in [3.8, 4) is 5.69 Å². The van der Waals surface area contributed by atoms with Gasteiger partial charge in [0.25, 0.3) is 5.56 Å². The minimum absolute atomic E-state index is 0.0386. The van der Waals surface area contributed by atoms with Crippen LogP contribution in [0.2, 0.25) is 0 Å². The average molecular weight is 429 g/mol. The van der Waals surface area contributed by atoms with Crippen LogP contribution in [0, 0.1) is 6.92 Å². The molecule has 0 saturated carbocycles. The smallest absolute Gasteiger partial charge is 0.318 e. The van der Waals surface area contributed by atoms with Crippen molar-refractivity contribution in [1.29, 1.82) is 0 Å². The van der Waals surface area contributed by atoms with Crippen molar-refractivity contribution in [2.75, 3.05) is 7.11 Å².